The molecule has 4 heteroatoms. The maximum absolute atomic E-state index is 12.5. The first kappa shape index (κ1) is 12.1. The van der Waals surface area contributed by atoms with Crippen molar-refractivity contribution in [2.24, 2.45) is 11.3 Å². The average molecular weight is 272 g/mol. The molecule has 3 fully saturated rings. The second kappa shape index (κ2) is 3.70. The van der Waals surface area contributed by atoms with Crippen LogP contribution in [-0.4, -0.2) is 30.1 Å². The predicted molar refractivity (Wildman–Crippen MR) is 70.2 cm³/mol. The van der Waals surface area contributed by atoms with Crippen LogP contribution in [0.5, 0.6) is 0 Å². The Hall–Kier alpha value is -1.68. The van der Waals surface area contributed by atoms with Crippen molar-refractivity contribution in [3.8, 4) is 0 Å². The third kappa shape index (κ3) is 1.35. The zero-order valence-electron chi connectivity index (χ0n) is 11.3. The molecular formula is C16H16O4. The van der Waals surface area contributed by atoms with Crippen LogP contribution in [0.3, 0.4) is 0 Å². The van der Waals surface area contributed by atoms with Crippen molar-refractivity contribution in [1.82, 2.24) is 0 Å². The molecule has 1 aromatic rings. The van der Waals surface area contributed by atoms with E-state index in [0.717, 1.165) is 12.8 Å². The fraction of sp³-hybridized carbons (Fsp3) is 0.500. The Labute approximate surface area is 117 Å². The summed E-state index contributed by atoms with van der Waals surface area (Å²) in [6.45, 7) is 2.01. The minimum Gasteiger partial charge on any atom is -0.461 e. The van der Waals surface area contributed by atoms with Gasteiger partial charge < -0.3 is 9.47 Å². The smallest absolute Gasteiger partial charge is 0.338 e. The lowest BCUT2D eigenvalue weighted by Crippen LogP contribution is -2.60. The Morgan fingerprint density at radius 2 is 2.10 bits per heavy atom. The lowest BCUT2D eigenvalue weighted by Gasteiger charge is -2.49. The molecule has 104 valence electrons. The normalized spacial score (nSPS) is 40.5. The average Bonchev–Trinajstić information content (AvgIpc) is 2.82. The number of fused-ring (bicyclic) bond motifs is 1. The molecule has 4 unspecified atom stereocenters. The van der Waals surface area contributed by atoms with Gasteiger partial charge in [-0.2, -0.15) is 0 Å². The summed E-state index contributed by atoms with van der Waals surface area (Å²) in [7, 11) is 0. The molecule has 0 amide bonds. The molecule has 2 heterocycles. The van der Waals surface area contributed by atoms with Crippen LogP contribution in [0.15, 0.2) is 30.3 Å². The van der Waals surface area contributed by atoms with Crippen molar-refractivity contribution < 1.29 is 19.1 Å². The molecule has 4 rings (SSSR count). The van der Waals surface area contributed by atoms with Gasteiger partial charge in [0, 0.05) is 0 Å². The van der Waals surface area contributed by atoms with Gasteiger partial charge in [-0.3, -0.25) is 4.79 Å². The van der Waals surface area contributed by atoms with Crippen LogP contribution >= 0.6 is 0 Å². The van der Waals surface area contributed by atoms with Crippen LogP contribution in [0.25, 0.3) is 0 Å². The van der Waals surface area contributed by atoms with Gasteiger partial charge in [0.1, 0.15) is 12.2 Å². The number of hydrogen-bond donors (Lipinski definition) is 0. The number of hydrogen-bond acceptors (Lipinski definition) is 4. The Balaban J connectivity index is 1.49. The van der Waals surface area contributed by atoms with E-state index in [4.69, 9.17) is 9.47 Å². The quantitative estimate of drug-likeness (QED) is 0.789. The number of ketones is 1. The van der Waals surface area contributed by atoms with Crippen molar-refractivity contribution in [2.75, 3.05) is 6.61 Å². The van der Waals surface area contributed by atoms with Crippen LogP contribution in [0.1, 0.15) is 30.1 Å². The van der Waals surface area contributed by atoms with Crippen molar-refractivity contribution in [2.45, 2.75) is 31.5 Å². The summed E-state index contributed by atoms with van der Waals surface area (Å²) < 4.78 is 11.2. The molecule has 4 atom stereocenters. The van der Waals surface area contributed by atoms with Crippen LogP contribution in [0.4, 0.5) is 0 Å². The van der Waals surface area contributed by atoms with Crippen molar-refractivity contribution >= 4 is 11.8 Å². The number of rotatable bonds is 3. The van der Waals surface area contributed by atoms with Crippen molar-refractivity contribution in [3.05, 3.63) is 35.9 Å². The van der Waals surface area contributed by atoms with Gasteiger partial charge in [-0.25, -0.2) is 4.79 Å². The number of benzene rings is 1. The van der Waals surface area contributed by atoms with Gasteiger partial charge in [0.2, 0.25) is 0 Å². The van der Waals surface area contributed by atoms with E-state index in [9.17, 15) is 9.59 Å². The SMILES string of the molecule is CC12CC3CC(COC(=O)c4ccccc4)(C1=O)C3O2. The summed E-state index contributed by atoms with van der Waals surface area (Å²) in [5.41, 5.74) is -0.683. The molecule has 1 saturated carbocycles. The number of esters is 1. The number of carbonyl (C=O) groups excluding carboxylic acids is 2. The van der Waals surface area contributed by atoms with E-state index in [1.54, 1.807) is 24.3 Å². The van der Waals surface area contributed by atoms with Crippen LogP contribution in [0.2, 0.25) is 0 Å². The largest absolute Gasteiger partial charge is 0.461 e. The van der Waals surface area contributed by atoms with Crippen molar-refractivity contribution in [3.63, 3.8) is 0 Å². The van der Waals surface area contributed by atoms with Gasteiger partial charge in [0.25, 0.3) is 0 Å². The van der Waals surface area contributed by atoms with Gasteiger partial charge in [-0.1, -0.05) is 18.2 Å². The highest BCUT2D eigenvalue weighted by atomic mass is 16.6. The Morgan fingerprint density at radius 3 is 2.75 bits per heavy atom. The highest BCUT2D eigenvalue weighted by molar-refractivity contribution is 5.98. The van der Waals surface area contributed by atoms with E-state index in [0.29, 0.717) is 11.5 Å². The second-order valence-electron chi connectivity index (χ2n) is 6.37. The molecule has 1 aromatic carbocycles. The first-order chi connectivity index (χ1) is 9.55. The van der Waals surface area contributed by atoms with Crippen LogP contribution in [-0.2, 0) is 14.3 Å². The van der Waals surface area contributed by atoms with E-state index in [1.165, 1.54) is 0 Å². The lowest BCUT2D eigenvalue weighted by atomic mass is 9.51. The van der Waals surface area contributed by atoms with Gasteiger partial charge in [0.05, 0.1) is 17.1 Å². The second-order valence-corrected chi connectivity index (χ2v) is 6.37. The molecule has 2 aliphatic heterocycles. The zero-order chi connectivity index (χ0) is 14.0. The van der Waals surface area contributed by atoms with Crippen molar-refractivity contribution in [1.29, 1.82) is 0 Å². The van der Waals surface area contributed by atoms with E-state index in [2.05, 4.69) is 0 Å². The zero-order valence-corrected chi connectivity index (χ0v) is 11.3. The molecule has 0 radical (unpaired) electrons. The number of Topliss-reactive ketones (excluding diaryl/α,β-unsaturated/α-hetero) is 1. The molecule has 20 heavy (non-hydrogen) atoms. The summed E-state index contributed by atoms with van der Waals surface area (Å²) in [4.78, 5) is 24.5. The van der Waals surface area contributed by atoms with Gasteiger partial charge >= 0.3 is 5.97 Å². The first-order valence-corrected chi connectivity index (χ1v) is 7.00. The topological polar surface area (TPSA) is 52.6 Å². The first-order valence-electron chi connectivity index (χ1n) is 7.00. The summed E-state index contributed by atoms with van der Waals surface area (Å²) in [6.07, 6.45) is 1.59. The molecule has 0 spiro atoms. The third-order valence-electron chi connectivity index (χ3n) is 5.04. The fourth-order valence-electron chi connectivity index (χ4n) is 4.15. The highest BCUT2D eigenvalue weighted by Gasteiger charge is 2.76. The van der Waals surface area contributed by atoms with E-state index in [1.807, 2.05) is 13.0 Å². The molecule has 3 aliphatic rings. The van der Waals surface area contributed by atoms with Crippen LogP contribution < -0.4 is 0 Å². The predicted octanol–water partition coefficient (Wildman–Crippen LogP) is 1.98. The maximum atomic E-state index is 12.5. The summed E-state index contributed by atoms with van der Waals surface area (Å²) in [6, 6.07) is 8.86. The van der Waals surface area contributed by atoms with Crippen LogP contribution in [0, 0.1) is 11.3 Å². The molecule has 0 N–H and O–H groups in total. The molecule has 0 aromatic heterocycles. The van der Waals surface area contributed by atoms with E-state index < -0.39 is 11.0 Å². The summed E-state index contributed by atoms with van der Waals surface area (Å²) in [5, 5.41) is 0. The molecule has 1 aliphatic carbocycles. The number of ether oxygens (including phenoxy) is 2. The summed E-state index contributed by atoms with van der Waals surface area (Å²) >= 11 is 0. The van der Waals surface area contributed by atoms with E-state index >= 15 is 0 Å². The highest BCUT2D eigenvalue weighted by Crippen LogP contribution is 2.66. The van der Waals surface area contributed by atoms with Gasteiger partial charge in [-0.15, -0.1) is 0 Å². The monoisotopic (exact) mass is 272 g/mol. The Kier molecular flexibility index (Phi) is 2.24. The van der Waals surface area contributed by atoms with E-state index in [-0.39, 0.29) is 24.5 Å². The van der Waals surface area contributed by atoms with Gasteiger partial charge in [0.15, 0.2) is 5.78 Å². The fourth-order valence-corrected chi connectivity index (χ4v) is 4.15. The minimum atomic E-state index is -0.632. The Morgan fingerprint density at radius 1 is 1.35 bits per heavy atom. The standard InChI is InChI=1S/C16H16O4/c1-15-7-11-8-16(14(15)18,12(11)20-15)9-19-13(17)10-5-3-2-4-6-10/h2-6,11-12H,7-9H2,1H3. The minimum absolute atomic E-state index is 0.0384. The Bertz CT molecular complexity index is 596. The third-order valence-corrected chi connectivity index (χ3v) is 5.04. The molecule has 2 bridgehead atoms. The molecule has 4 nitrogen and oxygen atoms in total. The molecule has 2 saturated heterocycles. The summed E-state index contributed by atoms with van der Waals surface area (Å²) in [5.74, 6) is 0.218. The molecular weight excluding hydrogens is 256 g/mol. The number of carbonyl (C=O) groups is 2. The lowest BCUT2D eigenvalue weighted by molar-refractivity contribution is -0.147. The maximum Gasteiger partial charge on any atom is 0.338 e. The van der Waals surface area contributed by atoms with Gasteiger partial charge in [-0.05, 0) is 37.8 Å².